The first-order valence-corrected chi connectivity index (χ1v) is 6.77. The second-order valence-electron chi connectivity index (χ2n) is 3.10. The van der Waals surface area contributed by atoms with Gasteiger partial charge in [-0.15, -0.1) is 11.8 Å². The molecule has 1 unspecified atom stereocenters. The minimum absolute atomic E-state index is 0.0103. The molecule has 0 bridgehead atoms. The Hall–Kier alpha value is -0.560. The molecule has 1 aromatic carbocycles. The molecule has 3 N–H and O–H groups in total. The normalized spacial score (nSPS) is 13.8. The summed E-state index contributed by atoms with van der Waals surface area (Å²) in [5, 5.41) is 13.9. The van der Waals surface area contributed by atoms with Crippen LogP contribution in [0, 0.1) is 0 Å². The van der Waals surface area contributed by atoms with Gasteiger partial charge in [-0.1, -0.05) is 19.1 Å². The summed E-state index contributed by atoms with van der Waals surface area (Å²) in [7, 11) is -3.69. The predicted octanol–water partition coefficient (Wildman–Crippen LogP) is 0.807. The van der Waals surface area contributed by atoms with Crippen LogP contribution in [0.4, 0.5) is 0 Å². The number of hydrogen-bond acceptors (Lipinski definition) is 4. The van der Waals surface area contributed by atoms with Gasteiger partial charge in [0, 0.05) is 10.1 Å². The number of aliphatic hydroxyl groups is 1. The van der Waals surface area contributed by atoms with E-state index in [-0.39, 0.29) is 16.8 Å². The Kier molecular flexibility index (Phi) is 4.15. The van der Waals surface area contributed by atoms with Crippen LogP contribution in [0.15, 0.2) is 34.1 Å². The fourth-order valence-electron chi connectivity index (χ4n) is 1.04. The molecular weight excluding hydrogens is 234 g/mol. The molecule has 0 radical (unpaired) electrons. The average Bonchev–Trinajstić information content (AvgIpc) is 2.17. The van der Waals surface area contributed by atoms with Crippen LogP contribution in [0.25, 0.3) is 0 Å². The number of rotatable bonds is 4. The fraction of sp³-hybridized carbons (Fsp3) is 0.333. The lowest BCUT2D eigenvalue weighted by Crippen LogP contribution is -2.14. The number of nitrogens with two attached hydrogens (primary N) is 1. The Bertz CT molecular complexity index is 431. The van der Waals surface area contributed by atoms with E-state index in [2.05, 4.69) is 0 Å². The molecule has 15 heavy (non-hydrogen) atoms. The van der Waals surface area contributed by atoms with Crippen molar-refractivity contribution >= 4 is 21.8 Å². The highest BCUT2D eigenvalue weighted by molar-refractivity contribution is 8.00. The van der Waals surface area contributed by atoms with E-state index in [1.807, 2.05) is 6.92 Å². The number of thioether (sulfide) groups is 1. The minimum Gasteiger partial charge on any atom is -0.395 e. The van der Waals surface area contributed by atoms with Gasteiger partial charge in [0.1, 0.15) is 0 Å². The molecule has 0 aliphatic rings. The Morgan fingerprint density at radius 3 is 2.60 bits per heavy atom. The van der Waals surface area contributed by atoms with E-state index in [1.165, 1.54) is 17.8 Å². The zero-order valence-corrected chi connectivity index (χ0v) is 9.88. The molecule has 1 atom stereocenters. The maximum absolute atomic E-state index is 11.2. The highest BCUT2D eigenvalue weighted by atomic mass is 32.2. The summed E-state index contributed by atoms with van der Waals surface area (Å²) in [6.45, 7) is 1.80. The van der Waals surface area contributed by atoms with Gasteiger partial charge in [0.15, 0.2) is 0 Å². The molecule has 6 heteroatoms. The monoisotopic (exact) mass is 247 g/mol. The van der Waals surface area contributed by atoms with Crippen LogP contribution in [0.3, 0.4) is 0 Å². The van der Waals surface area contributed by atoms with Crippen LogP contribution in [-0.2, 0) is 10.0 Å². The van der Waals surface area contributed by atoms with Crippen molar-refractivity contribution in [2.75, 3.05) is 6.61 Å². The van der Waals surface area contributed by atoms with Crippen molar-refractivity contribution in [1.29, 1.82) is 0 Å². The number of sulfonamides is 1. The minimum atomic E-state index is -3.69. The first-order valence-electron chi connectivity index (χ1n) is 4.34. The third-order valence-corrected chi connectivity index (χ3v) is 4.00. The smallest absolute Gasteiger partial charge is 0.239 e. The van der Waals surface area contributed by atoms with E-state index in [0.717, 1.165) is 0 Å². The second kappa shape index (κ2) is 4.98. The Morgan fingerprint density at radius 2 is 2.07 bits per heavy atom. The molecule has 0 saturated heterocycles. The third-order valence-electron chi connectivity index (χ3n) is 1.74. The molecule has 1 aromatic rings. The van der Waals surface area contributed by atoms with Gasteiger partial charge in [0.05, 0.1) is 11.5 Å². The molecule has 1 rings (SSSR count). The van der Waals surface area contributed by atoms with Crippen molar-refractivity contribution in [1.82, 2.24) is 0 Å². The van der Waals surface area contributed by atoms with Crippen molar-refractivity contribution in [3.63, 3.8) is 0 Å². The summed E-state index contributed by atoms with van der Waals surface area (Å²) in [5.74, 6) is 0. The van der Waals surface area contributed by atoms with E-state index in [0.29, 0.717) is 4.90 Å². The zero-order valence-electron chi connectivity index (χ0n) is 8.25. The summed E-state index contributed by atoms with van der Waals surface area (Å²) in [6, 6.07) is 6.49. The van der Waals surface area contributed by atoms with Gasteiger partial charge in [-0.3, -0.25) is 0 Å². The van der Waals surface area contributed by atoms with Crippen molar-refractivity contribution in [2.45, 2.75) is 22.0 Å². The average molecular weight is 247 g/mol. The summed E-state index contributed by atoms with van der Waals surface area (Å²) < 4.78 is 22.5. The third kappa shape index (κ3) is 3.49. The maximum Gasteiger partial charge on any atom is 0.239 e. The van der Waals surface area contributed by atoms with Crippen LogP contribution in [0.2, 0.25) is 0 Å². The summed E-state index contributed by atoms with van der Waals surface area (Å²) in [6.07, 6.45) is 0. The van der Waals surface area contributed by atoms with Crippen molar-refractivity contribution in [3.05, 3.63) is 24.3 Å². The quantitative estimate of drug-likeness (QED) is 0.771. The summed E-state index contributed by atoms with van der Waals surface area (Å²) in [4.78, 5) is 0.678. The van der Waals surface area contributed by atoms with Gasteiger partial charge < -0.3 is 5.11 Å². The van der Waals surface area contributed by atoms with Gasteiger partial charge in [0.2, 0.25) is 10.0 Å². The zero-order chi connectivity index (χ0) is 11.5. The summed E-state index contributed by atoms with van der Waals surface area (Å²) >= 11 is 1.29. The maximum atomic E-state index is 11.2. The van der Waals surface area contributed by atoms with E-state index < -0.39 is 10.0 Å². The molecule has 0 aliphatic carbocycles. The molecule has 0 aromatic heterocycles. The predicted molar refractivity (Wildman–Crippen MR) is 60.2 cm³/mol. The van der Waals surface area contributed by atoms with Crippen LogP contribution in [-0.4, -0.2) is 25.4 Å². The van der Waals surface area contributed by atoms with Crippen LogP contribution in [0.1, 0.15) is 6.92 Å². The number of aliphatic hydroxyl groups excluding tert-OH is 1. The van der Waals surface area contributed by atoms with Gasteiger partial charge in [0.25, 0.3) is 0 Å². The molecule has 0 heterocycles. The van der Waals surface area contributed by atoms with Crippen LogP contribution in [0.5, 0.6) is 0 Å². The van der Waals surface area contributed by atoms with E-state index in [9.17, 15) is 8.42 Å². The first kappa shape index (κ1) is 12.5. The molecule has 0 amide bonds. The van der Waals surface area contributed by atoms with E-state index in [4.69, 9.17) is 10.2 Å². The van der Waals surface area contributed by atoms with E-state index >= 15 is 0 Å². The van der Waals surface area contributed by atoms with Gasteiger partial charge in [-0.25, -0.2) is 13.6 Å². The Labute approximate surface area is 93.5 Å². The Balaban J connectivity index is 3.08. The number of primary sulfonamides is 1. The molecule has 0 aliphatic heterocycles. The molecule has 0 saturated carbocycles. The lowest BCUT2D eigenvalue weighted by Gasteiger charge is -2.10. The van der Waals surface area contributed by atoms with Crippen LogP contribution >= 0.6 is 11.8 Å². The Morgan fingerprint density at radius 1 is 1.47 bits per heavy atom. The number of hydrogen-bond donors (Lipinski definition) is 2. The largest absolute Gasteiger partial charge is 0.395 e. The molecule has 0 fully saturated rings. The highest BCUT2D eigenvalue weighted by Crippen LogP contribution is 2.28. The molecule has 84 valence electrons. The molecule has 4 nitrogen and oxygen atoms in total. The lowest BCUT2D eigenvalue weighted by atomic mass is 10.4. The number of benzene rings is 1. The van der Waals surface area contributed by atoms with Crippen molar-refractivity contribution < 1.29 is 13.5 Å². The molecular formula is C9H13NO3S2. The fourth-order valence-corrected chi connectivity index (χ4v) is 3.00. The SMILES string of the molecule is CC(CO)Sc1ccccc1S(N)(=O)=O. The highest BCUT2D eigenvalue weighted by Gasteiger charge is 2.15. The van der Waals surface area contributed by atoms with Crippen LogP contribution < -0.4 is 5.14 Å². The van der Waals surface area contributed by atoms with Gasteiger partial charge in [-0.05, 0) is 12.1 Å². The standard InChI is InChI=1S/C9H13NO3S2/c1-7(6-11)14-8-4-2-3-5-9(8)15(10,12)13/h2-5,7,11H,6H2,1H3,(H2,10,12,13). The lowest BCUT2D eigenvalue weighted by molar-refractivity contribution is 0.300. The van der Waals surface area contributed by atoms with Gasteiger partial charge >= 0.3 is 0 Å². The van der Waals surface area contributed by atoms with E-state index in [1.54, 1.807) is 18.2 Å². The summed E-state index contributed by atoms with van der Waals surface area (Å²) in [5.41, 5.74) is 0. The second-order valence-corrected chi connectivity index (χ2v) is 6.11. The van der Waals surface area contributed by atoms with Crippen molar-refractivity contribution in [2.24, 2.45) is 5.14 Å². The van der Waals surface area contributed by atoms with Crippen molar-refractivity contribution in [3.8, 4) is 0 Å². The molecule has 0 spiro atoms. The first-order chi connectivity index (χ1) is 6.95. The topological polar surface area (TPSA) is 80.4 Å². The van der Waals surface area contributed by atoms with Gasteiger partial charge in [-0.2, -0.15) is 0 Å².